The maximum Gasteiger partial charge on any atom is 0.414 e. The quantitative estimate of drug-likeness (QED) is 0.856. The summed E-state index contributed by atoms with van der Waals surface area (Å²) in [6.07, 6.45) is 2.04. The van der Waals surface area contributed by atoms with E-state index in [1.807, 2.05) is 37.3 Å². The zero-order chi connectivity index (χ0) is 15.1. The molecule has 1 aromatic carbocycles. The maximum atomic E-state index is 11.4. The second kappa shape index (κ2) is 7.14. The lowest BCUT2D eigenvalue weighted by molar-refractivity contribution is 0.201. The third-order valence-electron chi connectivity index (χ3n) is 2.73. The lowest BCUT2D eigenvalue weighted by Gasteiger charge is -2.17. The predicted molar refractivity (Wildman–Crippen MR) is 80.8 cm³/mol. The van der Waals surface area contributed by atoms with Gasteiger partial charge in [0.25, 0.3) is 0 Å². The molecule has 1 N–H and O–H groups in total. The zero-order valence-corrected chi connectivity index (χ0v) is 11.7. The zero-order valence-electron chi connectivity index (χ0n) is 11.7. The molecule has 0 radical (unpaired) electrons. The van der Waals surface area contributed by atoms with E-state index >= 15 is 0 Å². The van der Waals surface area contributed by atoms with E-state index in [0.29, 0.717) is 12.2 Å². The molecule has 0 saturated carbocycles. The molecular weight excluding hydrogens is 268 g/mol. The highest BCUT2D eigenvalue weighted by Gasteiger charge is 2.17. The van der Waals surface area contributed by atoms with Crippen molar-refractivity contribution in [1.29, 1.82) is 0 Å². The van der Waals surface area contributed by atoms with Gasteiger partial charge in [0.15, 0.2) is 0 Å². The number of aromatic nitrogens is 2. The first-order valence-electron chi connectivity index (χ1n) is 6.58. The number of anilines is 1. The Morgan fingerprint density at radius 1 is 1.33 bits per heavy atom. The Labute approximate surface area is 122 Å². The molecule has 6 heteroatoms. The maximum absolute atomic E-state index is 11.4. The van der Waals surface area contributed by atoms with Crippen LogP contribution in [-0.4, -0.2) is 33.9 Å². The van der Waals surface area contributed by atoms with Gasteiger partial charge >= 0.3 is 6.09 Å². The van der Waals surface area contributed by atoms with Crippen molar-refractivity contribution in [1.82, 2.24) is 9.97 Å². The predicted octanol–water partition coefficient (Wildman–Crippen LogP) is 2.60. The van der Waals surface area contributed by atoms with Crippen LogP contribution in [-0.2, 0) is 6.54 Å². The largest absolute Gasteiger partial charge is 0.465 e. The van der Waals surface area contributed by atoms with Gasteiger partial charge in [0, 0.05) is 19.0 Å². The molecule has 1 amide bonds. The number of amides is 1. The van der Waals surface area contributed by atoms with Crippen molar-refractivity contribution >= 4 is 18.3 Å². The number of nitrogens with zero attached hydrogens (tertiary/aromatic N) is 4. The van der Waals surface area contributed by atoms with Crippen molar-refractivity contribution in [2.24, 2.45) is 4.99 Å². The fourth-order valence-corrected chi connectivity index (χ4v) is 1.74. The molecule has 0 fully saturated rings. The second-order valence-electron chi connectivity index (χ2n) is 4.26. The van der Waals surface area contributed by atoms with Crippen LogP contribution in [0.2, 0.25) is 0 Å². The summed E-state index contributed by atoms with van der Waals surface area (Å²) in [5.74, 6) is 0.145. The summed E-state index contributed by atoms with van der Waals surface area (Å²) in [5.41, 5.74) is 1.46. The van der Waals surface area contributed by atoms with Crippen LogP contribution in [0.3, 0.4) is 0 Å². The Balaban J connectivity index is 2.26. The first kappa shape index (κ1) is 14.6. The van der Waals surface area contributed by atoms with Crippen LogP contribution in [0.4, 0.5) is 10.7 Å². The molecule has 1 heterocycles. The molecular formula is C15H16N4O2. The summed E-state index contributed by atoms with van der Waals surface area (Å²) in [6, 6.07) is 11.0. The van der Waals surface area contributed by atoms with Crippen LogP contribution in [0.5, 0.6) is 0 Å². The van der Waals surface area contributed by atoms with Gasteiger partial charge in [0.2, 0.25) is 5.95 Å². The lowest BCUT2D eigenvalue weighted by atomic mass is 10.2. The van der Waals surface area contributed by atoms with Crippen LogP contribution in [0, 0.1) is 0 Å². The van der Waals surface area contributed by atoms with Crippen LogP contribution < -0.4 is 4.90 Å². The third-order valence-corrected chi connectivity index (χ3v) is 2.73. The summed E-state index contributed by atoms with van der Waals surface area (Å²) in [7, 11) is 0. The molecule has 0 atom stereocenters. The molecule has 0 aliphatic heterocycles. The number of benzene rings is 1. The molecule has 0 saturated heterocycles. The van der Waals surface area contributed by atoms with Gasteiger partial charge in [-0.3, -0.25) is 4.99 Å². The molecule has 0 aliphatic carbocycles. The van der Waals surface area contributed by atoms with E-state index < -0.39 is 6.09 Å². The summed E-state index contributed by atoms with van der Waals surface area (Å²) in [4.78, 5) is 24.9. The standard InChI is InChI=1S/C15H16N4O2/c1-2-16-10-13-8-9-17-14(18-13)19(15(20)21)11-12-6-4-3-5-7-12/h3-10H,2,11H2,1H3,(H,20,21). The van der Waals surface area contributed by atoms with Crippen LogP contribution >= 0.6 is 0 Å². The average molecular weight is 284 g/mol. The van der Waals surface area contributed by atoms with E-state index in [0.717, 1.165) is 10.5 Å². The molecule has 6 nitrogen and oxygen atoms in total. The fourth-order valence-electron chi connectivity index (χ4n) is 1.74. The molecule has 0 unspecified atom stereocenters. The number of aliphatic imine (C=N–C) groups is 1. The van der Waals surface area contributed by atoms with Gasteiger partial charge in [0.05, 0.1) is 12.2 Å². The number of rotatable bonds is 5. The van der Waals surface area contributed by atoms with Crippen LogP contribution in [0.15, 0.2) is 47.6 Å². The van der Waals surface area contributed by atoms with Crippen molar-refractivity contribution < 1.29 is 9.90 Å². The molecule has 0 aliphatic rings. The minimum atomic E-state index is -1.09. The minimum Gasteiger partial charge on any atom is -0.465 e. The van der Waals surface area contributed by atoms with Crippen LogP contribution in [0.1, 0.15) is 18.2 Å². The topological polar surface area (TPSA) is 78.7 Å². The van der Waals surface area contributed by atoms with Gasteiger partial charge in [-0.25, -0.2) is 19.7 Å². The van der Waals surface area contributed by atoms with Gasteiger partial charge in [-0.1, -0.05) is 30.3 Å². The van der Waals surface area contributed by atoms with Crippen molar-refractivity contribution in [3.8, 4) is 0 Å². The molecule has 108 valence electrons. The number of carboxylic acid groups (broad SMARTS) is 1. The van der Waals surface area contributed by atoms with Crippen LogP contribution in [0.25, 0.3) is 0 Å². The Morgan fingerprint density at radius 2 is 2.10 bits per heavy atom. The Kier molecular flexibility index (Phi) is 4.98. The number of hydrogen-bond donors (Lipinski definition) is 1. The summed E-state index contributed by atoms with van der Waals surface area (Å²) in [5, 5.41) is 9.37. The van der Waals surface area contributed by atoms with Crippen molar-refractivity contribution in [3.05, 3.63) is 53.9 Å². The Hall–Kier alpha value is -2.76. The third kappa shape index (κ3) is 4.10. The normalized spacial score (nSPS) is 10.7. The average Bonchev–Trinajstić information content (AvgIpc) is 2.51. The van der Waals surface area contributed by atoms with Gasteiger partial charge in [-0.15, -0.1) is 0 Å². The van der Waals surface area contributed by atoms with E-state index in [2.05, 4.69) is 15.0 Å². The first-order valence-corrected chi connectivity index (χ1v) is 6.58. The summed E-state index contributed by atoms with van der Waals surface area (Å²) in [6.45, 7) is 2.76. The van der Waals surface area contributed by atoms with Crippen molar-refractivity contribution in [2.75, 3.05) is 11.4 Å². The number of hydrogen-bond acceptors (Lipinski definition) is 4. The summed E-state index contributed by atoms with van der Waals surface area (Å²) < 4.78 is 0. The fraction of sp³-hybridized carbons (Fsp3) is 0.200. The molecule has 1 aromatic heterocycles. The van der Waals surface area contributed by atoms with Gasteiger partial charge in [-0.05, 0) is 18.6 Å². The van der Waals surface area contributed by atoms with E-state index in [-0.39, 0.29) is 12.5 Å². The molecule has 2 rings (SSSR count). The first-order chi connectivity index (χ1) is 10.2. The molecule has 0 spiro atoms. The van der Waals surface area contributed by atoms with E-state index in [1.54, 1.807) is 12.3 Å². The minimum absolute atomic E-state index is 0.145. The van der Waals surface area contributed by atoms with Gasteiger partial charge in [-0.2, -0.15) is 0 Å². The van der Waals surface area contributed by atoms with E-state index in [9.17, 15) is 9.90 Å². The number of carbonyl (C=O) groups is 1. The Morgan fingerprint density at radius 3 is 2.76 bits per heavy atom. The molecule has 0 bridgehead atoms. The second-order valence-corrected chi connectivity index (χ2v) is 4.26. The van der Waals surface area contributed by atoms with Gasteiger partial charge in [0.1, 0.15) is 0 Å². The monoisotopic (exact) mass is 284 g/mol. The Bertz CT molecular complexity index is 629. The lowest BCUT2D eigenvalue weighted by Crippen LogP contribution is -2.30. The van der Waals surface area contributed by atoms with Crippen molar-refractivity contribution in [3.63, 3.8) is 0 Å². The van der Waals surface area contributed by atoms with E-state index in [4.69, 9.17) is 0 Å². The van der Waals surface area contributed by atoms with E-state index in [1.165, 1.54) is 6.20 Å². The highest BCUT2D eigenvalue weighted by atomic mass is 16.4. The highest BCUT2D eigenvalue weighted by Crippen LogP contribution is 2.12. The van der Waals surface area contributed by atoms with Crippen molar-refractivity contribution in [2.45, 2.75) is 13.5 Å². The molecule has 2 aromatic rings. The SMILES string of the molecule is CCN=Cc1ccnc(N(Cc2ccccc2)C(=O)O)n1. The smallest absolute Gasteiger partial charge is 0.414 e. The van der Waals surface area contributed by atoms with Gasteiger partial charge < -0.3 is 5.11 Å². The summed E-state index contributed by atoms with van der Waals surface area (Å²) >= 11 is 0. The molecule has 21 heavy (non-hydrogen) atoms. The highest BCUT2D eigenvalue weighted by molar-refractivity contribution is 5.84.